The number of phenolic OH excluding ortho intramolecular Hbond substituents is 1. The third-order valence-corrected chi connectivity index (χ3v) is 10.8. The van der Waals surface area contributed by atoms with E-state index in [0.717, 1.165) is 37.3 Å². The maximum absolute atomic E-state index is 13.5. The average molecular weight is 471 g/mol. The number of likely N-dealkylation sites (tertiary alicyclic amines) is 1. The lowest BCUT2D eigenvalue weighted by Crippen LogP contribution is -2.70. The number of hydrogen-bond donors (Lipinski definition) is 1. The Kier molecular flexibility index (Phi) is 4.90. The van der Waals surface area contributed by atoms with Crippen molar-refractivity contribution in [2.75, 3.05) is 20.1 Å². The molecule has 1 amide bonds. The highest BCUT2D eigenvalue weighted by molar-refractivity contribution is 5.79. The average Bonchev–Trinajstić information content (AvgIpc) is 3.64. The molecule has 7 rings (SSSR count). The van der Waals surface area contributed by atoms with Crippen LogP contribution in [-0.2, 0) is 23.1 Å². The summed E-state index contributed by atoms with van der Waals surface area (Å²) in [4.78, 5) is 18.5. The van der Waals surface area contributed by atoms with Crippen LogP contribution >= 0.6 is 0 Å². The maximum Gasteiger partial charge on any atom is 0.226 e. The minimum atomic E-state index is 0.0780. The SMILES string of the molecule is CN(C(=O)Cc1ccccc1)[C@H]1C[C@@]23CCN(CC4CC4)[C@H]4CC[C@@H]1C[C@]42Cc1ccc(O)cc13. The number of fused-ring (bicyclic) bond motifs is 2. The molecule has 5 atom stereocenters. The summed E-state index contributed by atoms with van der Waals surface area (Å²) in [5.74, 6) is 2.14. The second kappa shape index (κ2) is 7.83. The summed E-state index contributed by atoms with van der Waals surface area (Å²) in [5, 5.41) is 10.5. The first-order chi connectivity index (χ1) is 17.0. The van der Waals surface area contributed by atoms with E-state index in [0.29, 0.717) is 24.1 Å². The first-order valence-electron chi connectivity index (χ1n) is 13.9. The molecule has 0 unspecified atom stereocenters. The van der Waals surface area contributed by atoms with E-state index in [2.05, 4.69) is 41.1 Å². The van der Waals surface area contributed by atoms with Crippen molar-refractivity contribution < 1.29 is 9.90 Å². The molecule has 2 aromatic carbocycles. The van der Waals surface area contributed by atoms with E-state index in [1.54, 1.807) is 0 Å². The minimum Gasteiger partial charge on any atom is -0.508 e. The molecule has 2 bridgehead atoms. The van der Waals surface area contributed by atoms with Gasteiger partial charge in [-0.2, -0.15) is 0 Å². The van der Waals surface area contributed by atoms with Gasteiger partial charge in [-0.1, -0.05) is 36.4 Å². The van der Waals surface area contributed by atoms with Crippen LogP contribution in [0.4, 0.5) is 0 Å². The Morgan fingerprint density at radius 3 is 2.71 bits per heavy atom. The van der Waals surface area contributed by atoms with Crippen LogP contribution in [0.2, 0.25) is 0 Å². The van der Waals surface area contributed by atoms with Gasteiger partial charge in [-0.25, -0.2) is 0 Å². The summed E-state index contributed by atoms with van der Waals surface area (Å²) in [6.45, 7) is 2.45. The van der Waals surface area contributed by atoms with E-state index in [1.165, 1.54) is 49.8 Å². The molecule has 1 heterocycles. The number of carbonyl (C=O) groups is 1. The van der Waals surface area contributed by atoms with Crippen LogP contribution in [0.15, 0.2) is 48.5 Å². The van der Waals surface area contributed by atoms with Gasteiger partial charge in [-0.05, 0) is 98.6 Å². The fourth-order valence-electron chi connectivity index (χ4n) is 9.06. The van der Waals surface area contributed by atoms with Crippen LogP contribution in [0.5, 0.6) is 5.75 Å². The third kappa shape index (κ3) is 3.25. The summed E-state index contributed by atoms with van der Waals surface area (Å²) in [6, 6.07) is 17.3. The Hall–Kier alpha value is -2.33. The van der Waals surface area contributed by atoms with Crippen LogP contribution in [0, 0.1) is 17.3 Å². The summed E-state index contributed by atoms with van der Waals surface area (Å²) >= 11 is 0. The molecule has 5 aliphatic rings. The number of carbonyl (C=O) groups excluding carboxylic acids is 1. The molecule has 4 nitrogen and oxygen atoms in total. The molecule has 1 saturated heterocycles. The quantitative estimate of drug-likeness (QED) is 0.674. The van der Waals surface area contributed by atoms with Gasteiger partial charge in [-0.15, -0.1) is 0 Å². The van der Waals surface area contributed by atoms with Crippen LogP contribution in [-0.4, -0.2) is 53.0 Å². The first-order valence-corrected chi connectivity index (χ1v) is 13.9. The van der Waals surface area contributed by atoms with Crippen LogP contribution in [0.3, 0.4) is 0 Å². The number of amides is 1. The van der Waals surface area contributed by atoms with E-state index in [9.17, 15) is 9.90 Å². The van der Waals surface area contributed by atoms with E-state index in [-0.39, 0.29) is 22.8 Å². The Bertz CT molecular complexity index is 1140. The minimum absolute atomic E-state index is 0.0780. The number of phenols is 1. The number of nitrogens with zero attached hydrogens (tertiary/aromatic N) is 2. The maximum atomic E-state index is 13.5. The predicted octanol–water partition coefficient (Wildman–Crippen LogP) is 4.93. The van der Waals surface area contributed by atoms with E-state index in [4.69, 9.17) is 0 Å². The van der Waals surface area contributed by atoms with Crippen molar-refractivity contribution >= 4 is 5.91 Å². The molecule has 1 N–H and O–H groups in total. The lowest BCUT2D eigenvalue weighted by Gasteiger charge is -2.67. The first kappa shape index (κ1) is 21.9. The molecule has 4 heteroatoms. The van der Waals surface area contributed by atoms with Crippen LogP contribution in [0.1, 0.15) is 61.6 Å². The summed E-state index contributed by atoms with van der Waals surface area (Å²) in [6.07, 6.45) is 10.4. The lowest BCUT2D eigenvalue weighted by molar-refractivity contribution is -0.154. The van der Waals surface area contributed by atoms with Crippen molar-refractivity contribution in [3.05, 3.63) is 65.2 Å². The third-order valence-electron chi connectivity index (χ3n) is 10.8. The zero-order valence-electron chi connectivity index (χ0n) is 21.0. The van der Waals surface area contributed by atoms with Crippen molar-refractivity contribution in [2.45, 2.75) is 75.3 Å². The molecule has 1 spiro atoms. The fraction of sp³-hybridized carbons (Fsp3) is 0.581. The van der Waals surface area contributed by atoms with Crippen molar-refractivity contribution in [1.82, 2.24) is 9.80 Å². The Balaban J connectivity index is 1.25. The van der Waals surface area contributed by atoms with Gasteiger partial charge in [0, 0.05) is 36.5 Å². The van der Waals surface area contributed by atoms with Crippen molar-refractivity contribution in [3.8, 4) is 5.75 Å². The largest absolute Gasteiger partial charge is 0.508 e. The highest BCUT2D eigenvalue weighted by Gasteiger charge is 2.69. The number of rotatable bonds is 5. The van der Waals surface area contributed by atoms with Gasteiger partial charge in [0.2, 0.25) is 5.91 Å². The lowest BCUT2D eigenvalue weighted by atomic mass is 9.44. The van der Waals surface area contributed by atoms with Gasteiger partial charge in [0.25, 0.3) is 0 Å². The molecule has 0 aromatic heterocycles. The molecule has 184 valence electrons. The smallest absolute Gasteiger partial charge is 0.226 e. The molecular weight excluding hydrogens is 432 g/mol. The molecule has 4 aliphatic carbocycles. The van der Waals surface area contributed by atoms with E-state index >= 15 is 0 Å². The monoisotopic (exact) mass is 470 g/mol. The zero-order valence-corrected chi connectivity index (χ0v) is 21.0. The Labute approximate surface area is 209 Å². The number of aromatic hydroxyl groups is 1. The molecule has 0 radical (unpaired) electrons. The van der Waals surface area contributed by atoms with Crippen molar-refractivity contribution in [1.29, 1.82) is 0 Å². The van der Waals surface area contributed by atoms with Gasteiger partial charge in [0.05, 0.1) is 6.42 Å². The fourth-order valence-corrected chi connectivity index (χ4v) is 9.06. The van der Waals surface area contributed by atoms with Crippen LogP contribution < -0.4 is 0 Å². The van der Waals surface area contributed by atoms with Gasteiger partial charge in [-0.3, -0.25) is 9.69 Å². The summed E-state index contributed by atoms with van der Waals surface area (Å²) < 4.78 is 0. The van der Waals surface area contributed by atoms with Gasteiger partial charge >= 0.3 is 0 Å². The second-order valence-corrected chi connectivity index (χ2v) is 12.4. The van der Waals surface area contributed by atoms with Crippen molar-refractivity contribution in [3.63, 3.8) is 0 Å². The molecule has 4 fully saturated rings. The zero-order chi connectivity index (χ0) is 23.8. The predicted molar refractivity (Wildman–Crippen MR) is 137 cm³/mol. The number of likely N-dealkylation sites (N-methyl/N-ethyl adjacent to an activating group) is 1. The van der Waals surface area contributed by atoms with Crippen molar-refractivity contribution in [2.24, 2.45) is 17.3 Å². The van der Waals surface area contributed by atoms with Gasteiger partial charge < -0.3 is 10.0 Å². The second-order valence-electron chi connectivity index (χ2n) is 12.4. The highest BCUT2D eigenvalue weighted by Crippen LogP contribution is 2.70. The number of benzene rings is 2. The highest BCUT2D eigenvalue weighted by atomic mass is 16.3. The summed E-state index contributed by atoms with van der Waals surface area (Å²) in [5.41, 5.74) is 4.30. The number of hydrogen-bond acceptors (Lipinski definition) is 3. The number of piperidine rings is 1. The van der Waals surface area contributed by atoms with Gasteiger partial charge in [0.1, 0.15) is 5.75 Å². The molecule has 35 heavy (non-hydrogen) atoms. The Morgan fingerprint density at radius 2 is 1.91 bits per heavy atom. The van der Waals surface area contributed by atoms with E-state index < -0.39 is 0 Å². The standard InChI is InChI=1S/C31H38N2O2/c1-32(29(35)15-21-5-3-2-4-6-21)27-19-30-13-14-33(20-22-7-8-22)28-12-10-24(27)18-31(28,30)17-23-9-11-25(34)16-26(23)30/h2-6,9,11,16,22,24,27-28,34H,7-8,10,12-15,17-20H2,1H3/t24-,27+,28+,30-,31-/m1/s1. The molecule has 1 aliphatic heterocycles. The van der Waals surface area contributed by atoms with Crippen LogP contribution in [0.25, 0.3) is 0 Å². The Morgan fingerprint density at radius 1 is 1.09 bits per heavy atom. The molecular formula is C31H38N2O2. The van der Waals surface area contributed by atoms with Gasteiger partial charge in [0.15, 0.2) is 0 Å². The normalized spacial score (nSPS) is 35.3. The molecule has 2 aromatic rings. The summed E-state index contributed by atoms with van der Waals surface area (Å²) in [7, 11) is 2.06. The van der Waals surface area contributed by atoms with E-state index in [1.807, 2.05) is 24.3 Å². The topological polar surface area (TPSA) is 43.8 Å². The molecule has 3 saturated carbocycles.